The van der Waals surface area contributed by atoms with E-state index in [1.807, 2.05) is 11.4 Å². The zero-order chi connectivity index (χ0) is 13.2. The molecule has 1 N–H and O–H groups in total. The van der Waals surface area contributed by atoms with Gasteiger partial charge in [-0.05, 0) is 18.6 Å². The van der Waals surface area contributed by atoms with E-state index in [0.29, 0.717) is 17.1 Å². The van der Waals surface area contributed by atoms with Crippen LogP contribution in [0.1, 0.15) is 12.1 Å². The molecule has 0 radical (unpaired) electrons. The van der Waals surface area contributed by atoms with Crippen LogP contribution in [0.2, 0.25) is 0 Å². The van der Waals surface area contributed by atoms with Crippen molar-refractivity contribution in [1.82, 2.24) is 9.88 Å². The first-order valence-corrected chi connectivity index (χ1v) is 7.20. The van der Waals surface area contributed by atoms with Crippen LogP contribution in [0.25, 0.3) is 10.6 Å². The lowest BCUT2D eigenvalue weighted by atomic mass is 10.2. The van der Waals surface area contributed by atoms with Crippen LogP contribution in [0.5, 0.6) is 0 Å². The van der Waals surface area contributed by atoms with Crippen molar-refractivity contribution in [1.29, 1.82) is 0 Å². The number of benzene rings is 1. The molecule has 3 rings (SSSR count). The number of hydrogen-bond acceptors (Lipinski definition) is 4. The first-order chi connectivity index (χ1) is 9.22. The lowest BCUT2D eigenvalue weighted by Gasteiger charge is -2.12. The summed E-state index contributed by atoms with van der Waals surface area (Å²) in [6, 6.07) is 6.69. The molecule has 1 aromatic heterocycles. The summed E-state index contributed by atoms with van der Waals surface area (Å²) in [6.45, 7) is 2.32. The highest BCUT2D eigenvalue weighted by Crippen LogP contribution is 2.26. The highest BCUT2D eigenvalue weighted by molar-refractivity contribution is 7.13. The van der Waals surface area contributed by atoms with Gasteiger partial charge in [0.2, 0.25) is 0 Å². The Hall–Kier alpha value is -1.30. The minimum Gasteiger partial charge on any atom is -0.392 e. The number of aliphatic hydroxyl groups is 1. The number of thiazole rings is 1. The van der Waals surface area contributed by atoms with Crippen molar-refractivity contribution < 1.29 is 9.50 Å². The number of aromatic nitrogens is 1. The Kier molecular flexibility index (Phi) is 3.59. The minimum atomic E-state index is -0.236. The smallest absolute Gasteiger partial charge is 0.133 e. The van der Waals surface area contributed by atoms with Gasteiger partial charge >= 0.3 is 0 Å². The molecule has 1 saturated heterocycles. The zero-order valence-electron chi connectivity index (χ0n) is 10.4. The topological polar surface area (TPSA) is 36.4 Å². The first kappa shape index (κ1) is 12.7. The van der Waals surface area contributed by atoms with Gasteiger partial charge in [0.05, 0.1) is 11.8 Å². The largest absolute Gasteiger partial charge is 0.392 e. The molecule has 1 aromatic carbocycles. The number of β-amino-alcohol motifs (C(OH)–C–C–N with tert-alkyl or cyclic N) is 1. The molecule has 0 bridgehead atoms. The monoisotopic (exact) mass is 278 g/mol. The van der Waals surface area contributed by atoms with E-state index in [2.05, 4.69) is 9.88 Å². The molecule has 1 fully saturated rings. The van der Waals surface area contributed by atoms with E-state index >= 15 is 0 Å². The molecular weight excluding hydrogens is 263 g/mol. The number of aliphatic hydroxyl groups excluding tert-OH is 1. The van der Waals surface area contributed by atoms with Gasteiger partial charge in [-0.25, -0.2) is 9.37 Å². The molecule has 1 atom stereocenters. The summed E-state index contributed by atoms with van der Waals surface area (Å²) in [6.07, 6.45) is 0.606. The van der Waals surface area contributed by atoms with Crippen LogP contribution in [0, 0.1) is 5.82 Å². The van der Waals surface area contributed by atoms with Gasteiger partial charge in [0.25, 0.3) is 0 Å². The summed E-state index contributed by atoms with van der Waals surface area (Å²) in [7, 11) is 0. The van der Waals surface area contributed by atoms with Crippen molar-refractivity contribution in [3.63, 3.8) is 0 Å². The summed E-state index contributed by atoms with van der Waals surface area (Å²) in [5.74, 6) is -0.236. The van der Waals surface area contributed by atoms with Crippen LogP contribution in [0.4, 0.5) is 4.39 Å². The highest BCUT2D eigenvalue weighted by Gasteiger charge is 2.21. The predicted molar refractivity (Wildman–Crippen MR) is 73.4 cm³/mol. The molecule has 5 heteroatoms. The molecule has 1 aliphatic rings. The fourth-order valence-electron chi connectivity index (χ4n) is 2.32. The lowest BCUT2D eigenvalue weighted by Crippen LogP contribution is -2.21. The standard InChI is InChI=1S/C14H15FN2OS/c15-13-4-2-1-3-12(13)14-16-10(9-19-14)7-17-6-5-11(18)8-17/h1-4,9,11,18H,5-8H2/t11-/m0/s1. The van der Waals surface area contributed by atoms with Crippen LogP contribution >= 0.6 is 11.3 Å². The van der Waals surface area contributed by atoms with Crippen molar-refractivity contribution in [2.45, 2.75) is 19.1 Å². The summed E-state index contributed by atoms with van der Waals surface area (Å²) in [5, 5.41) is 12.2. The van der Waals surface area contributed by atoms with E-state index in [1.165, 1.54) is 17.4 Å². The van der Waals surface area contributed by atoms with Gasteiger partial charge in [-0.15, -0.1) is 11.3 Å². The van der Waals surface area contributed by atoms with Gasteiger partial charge in [0, 0.05) is 30.6 Å². The molecule has 2 heterocycles. The van der Waals surface area contributed by atoms with Crippen LogP contribution in [-0.2, 0) is 6.54 Å². The second-order valence-electron chi connectivity index (χ2n) is 4.80. The van der Waals surface area contributed by atoms with Crippen LogP contribution in [0.3, 0.4) is 0 Å². The summed E-state index contributed by atoms with van der Waals surface area (Å²) in [5.41, 5.74) is 1.50. The van der Waals surface area contributed by atoms with Gasteiger partial charge < -0.3 is 5.11 Å². The maximum absolute atomic E-state index is 13.7. The van der Waals surface area contributed by atoms with Gasteiger partial charge in [-0.2, -0.15) is 0 Å². The van der Waals surface area contributed by atoms with Gasteiger partial charge in [0.15, 0.2) is 0 Å². The van der Waals surface area contributed by atoms with E-state index in [0.717, 1.165) is 25.2 Å². The predicted octanol–water partition coefficient (Wildman–Crippen LogP) is 2.52. The SMILES string of the molecule is O[C@H]1CCN(Cc2csc(-c3ccccc3F)n2)C1. The van der Waals surface area contributed by atoms with Crippen LogP contribution < -0.4 is 0 Å². The first-order valence-electron chi connectivity index (χ1n) is 6.32. The van der Waals surface area contributed by atoms with Crippen LogP contribution in [-0.4, -0.2) is 34.2 Å². The fourth-order valence-corrected chi connectivity index (χ4v) is 3.16. The Morgan fingerprint density at radius 3 is 3.00 bits per heavy atom. The maximum atomic E-state index is 13.7. The van der Waals surface area contributed by atoms with Gasteiger partial charge in [-0.1, -0.05) is 12.1 Å². The Morgan fingerprint density at radius 2 is 2.26 bits per heavy atom. The Balaban J connectivity index is 1.75. The average Bonchev–Trinajstić information content (AvgIpc) is 3.00. The highest BCUT2D eigenvalue weighted by atomic mass is 32.1. The molecule has 0 amide bonds. The van der Waals surface area contributed by atoms with Crippen LogP contribution in [0.15, 0.2) is 29.6 Å². The molecule has 0 spiro atoms. The zero-order valence-corrected chi connectivity index (χ0v) is 11.2. The number of likely N-dealkylation sites (tertiary alicyclic amines) is 1. The molecule has 100 valence electrons. The second-order valence-corrected chi connectivity index (χ2v) is 5.66. The summed E-state index contributed by atoms with van der Waals surface area (Å²) < 4.78 is 13.7. The molecule has 1 aliphatic heterocycles. The number of halogens is 1. The Labute approximate surface area is 115 Å². The second kappa shape index (κ2) is 5.36. The van der Waals surface area contributed by atoms with Gasteiger partial charge in [0.1, 0.15) is 10.8 Å². The van der Waals surface area contributed by atoms with E-state index in [9.17, 15) is 9.50 Å². The quantitative estimate of drug-likeness (QED) is 0.937. The maximum Gasteiger partial charge on any atom is 0.133 e. The minimum absolute atomic E-state index is 0.218. The fraction of sp³-hybridized carbons (Fsp3) is 0.357. The number of nitrogens with zero attached hydrogens (tertiary/aromatic N) is 2. The van der Waals surface area contributed by atoms with Gasteiger partial charge in [-0.3, -0.25) is 4.90 Å². The Bertz CT molecular complexity index is 572. The van der Waals surface area contributed by atoms with E-state index in [1.54, 1.807) is 12.1 Å². The molecule has 0 aliphatic carbocycles. The molecule has 2 aromatic rings. The summed E-state index contributed by atoms with van der Waals surface area (Å²) >= 11 is 1.46. The molecule has 19 heavy (non-hydrogen) atoms. The molecule has 0 saturated carbocycles. The number of rotatable bonds is 3. The summed E-state index contributed by atoms with van der Waals surface area (Å²) in [4.78, 5) is 6.66. The van der Waals surface area contributed by atoms with Crippen molar-refractivity contribution in [3.05, 3.63) is 41.2 Å². The van der Waals surface area contributed by atoms with E-state index < -0.39 is 0 Å². The third-order valence-corrected chi connectivity index (χ3v) is 4.21. The molecule has 3 nitrogen and oxygen atoms in total. The third-order valence-electron chi connectivity index (χ3n) is 3.29. The van der Waals surface area contributed by atoms with Crippen molar-refractivity contribution in [3.8, 4) is 10.6 Å². The lowest BCUT2D eigenvalue weighted by molar-refractivity contribution is 0.174. The third kappa shape index (κ3) is 2.83. The van der Waals surface area contributed by atoms with Crippen molar-refractivity contribution >= 4 is 11.3 Å². The normalized spacial score (nSPS) is 20.0. The number of hydrogen-bond donors (Lipinski definition) is 1. The molecular formula is C14H15FN2OS. The molecule has 0 unspecified atom stereocenters. The average molecular weight is 278 g/mol. The van der Waals surface area contributed by atoms with E-state index in [4.69, 9.17) is 0 Å². The van der Waals surface area contributed by atoms with E-state index in [-0.39, 0.29) is 11.9 Å². The van der Waals surface area contributed by atoms with Crippen molar-refractivity contribution in [2.24, 2.45) is 0 Å². The van der Waals surface area contributed by atoms with Crippen molar-refractivity contribution in [2.75, 3.05) is 13.1 Å². The Morgan fingerprint density at radius 1 is 1.42 bits per heavy atom.